The molecule has 0 saturated heterocycles. The van der Waals surface area contributed by atoms with E-state index in [1.54, 1.807) is 11.1 Å². The third-order valence-corrected chi connectivity index (χ3v) is 28.2. The highest BCUT2D eigenvalue weighted by Crippen LogP contribution is 2.59. The van der Waals surface area contributed by atoms with E-state index in [-0.39, 0.29) is 11.8 Å². The predicted molar refractivity (Wildman–Crippen MR) is 464 cm³/mol. The highest BCUT2D eigenvalue weighted by molar-refractivity contribution is 5.75. The summed E-state index contributed by atoms with van der Waals surface area (Å²) < 4.78 is 27.1. The van der Waals surface area contributed by atoms with Crippen molar-refractivity contribution < 1.29 is 21.0 Å². The summed E-state index contributed by atoms with van der Waals surface area (Å²) in [6, 6.07) is 89.2. The van der Waals surface area contributed by atoms with E-state index in [0.717, 1.165) is 35.5 Å². The third-order valence-electron chi connectivity index (χ3n) is 28.2. The SMILES string of the molecule is Cc1ccccc1-c1cc(-c2ccc(C3CC4CCCC(CCC4)C3)cc2)cc[n+]1C.Cc1ccccc1-c1cc(-c2cccc(C3C4CCCC3C4)c2)cc[n+]1C.[2H]C1(c2ccc(-c3cc[n+](C)c(-c4ccccc4C)c3)cc2)C2CCCC1C2.[2H]C1(c2cccc(-c3cc[n+](C)c(-c4ccccc4C)c3)c2)C2CCCC1C2. The molecule has 568 valence electrons. The zero-order valence-electron chi connectivity index (χ0n) is 70.1. The van der Waals surface area contributed by atoms with E-state index >= 15 is 0 Å². The van der Waals surface area contributed by atoms with E-state index < -0.39 is 0 Å². The van der Waals surface area contributed by atoms with Crippen LogP contribution < -0.4 is 18.3 Å². The zero-order valence-corrected chi connectivity index (χ0v) is 68.1. The van der Waals surface area contributed by atoms with Crippen molar-refractivity contribution in [3.8, 4) is 89.5 Å². The molecule has 6 atom stereocenters. The van der Waals surface area contributed by atoms with Gasteiger partial charge in [0.1, 0.15) is 28.2 Å². The number of aryl methyl sites for hydroxylation is 8. The maximum absolute atomic E-state index is 9.21. The Hall–Kier alpha value is -9.64. The van der Waals surface area contributed by atoms with Gasteiger partial charge in [-0.25, -0.2) is 18.3 Å². The molecule has 112 heavy (non-hydrogen) atoms. The van der Waals surface area contributed by atoms with Crippen LogP contribution in [-0.4, -0.2) is 0 Å². The normalized spacial score (nSPS) is 25.3. The molecule has 4 aromatic heterocycles. The van der Waals surface area contributed by atoms with Gasteiger partial charge in [-0.05, 0) is 283 Å². The molecule has 8 bridgehead atoms. The van der Waals surface area contributed by atoms with Crippen molar-refractivity contribution in [1.29, 1.82) is 0 Å². The first-order valence-electron chi connectivity index (χ1n) is 44.2. The van der Waals surface area contributed by atoms with Gasteiger partial charge in [0.25, 0.3) is 0 Å². The van der Waals surface area contributed by atoms with Crippen LogP contribution in [0.4, 0.5) is 0 Å². The topological polar surface area (TPSA) is 15.5 Å². The summed E-state index contributed by atoms with van der Waals surface area (Å²) >= 11 is 0. The van der Waals surface area contributed by atoms with Crippen molar-refractivity contribution in [2.24, 2.45) is 75.5 Å². The molecule has 9 aliphatic rings. The van der Waals surface area contributed by atoms with E-state index in [4.69, 9.17) is 1.37 Å². The second kappa shape index (κ2) is 33.6. The lowest BCUT2D eigenvalue weighted by Gasteiger charge is -2.50. The molecule has 8 aromatic carbocycles. The van der Waals surface area contributed by atoms with Crippen LogP contribution in [-0.2, 0) is 28.2 Å². The highest BCUT2D eigenvalue weighted by Gasteiger charge is 2.46. The Kier molecular flexibility index (Phi) is 21.8. The molecule has 9 aliphatic carbocycles. The van der Waals surface area contributed by atoms with Crippen molar-refractivity contribution in [2.75, 3.05) is 0 Å². The minimum atomic E-state index is -0.355. The summed E-state index contributed by atoms with van der Waals surface area (Å²) in [6.07, 6.45) is 36.2. The zero-order chi connectivity index (χ0) is 78.2. The van der Waals surface area contributed by atoms with Gasteiger partial charge in [-0.1, -0.05) is 228 Å². The Labute approximate surface area is 673 Å². The molecule has 4 heterocycles. The summed E-state index contributed by atoms with van der Waals surface area (Å²) in [7, 11) is 8.49. The molecule has 0 spiro atoms. The second-order valence-corrected chi connectivity index (χ2v) is 35.3. The van der Waals surface area contributed by atoms with Crippen LogP contribution in [0.3, 0.4) is 0 Å². The number of hydrogen-bond acceptors (Lipinski definition) is 0. The van der Waals surface area contributed by atoms with Gasteiger partial charge in [-0.3, -0.25) is 0 Å². The van der Waals surface area contributed by atoms with Crippen molar-refractivity contribution >= 4 is 0 Å². The first-order valence-corrected chi connectivity index (χ1v) is 43.2. The van der Waals surface area contributed by atoms with Crippen molar-refractivity contribution in [3.63, 3.8) is 0 Å². The number of nitrogens with zero attached hydrogens (tertiary/aromatic N) is 4. The van der Waals surface area contributed by atoms with Gasteiger partial charge in [0, 0.05) is 73.5 Å². The second-order valence-electron chi connectivity index (χ2n) is 35.3. The third kappa shape index (κ3) is 16.1. The fourth-order valence-electron chi connectivity index (χ4n) is 21.9. The minimum Gasteiger partial charge on any atom is -0.201 e. The molecule has 4 nitrogen and oxygen atoms in total. The lowest BCUT2D eigenvalue weighted by Crippen LogP contribution is -2.38. The Morgan fingerprint density at radius 1 is 0.250 bits per heavy atom. The quantitative estimate of drug-likeness (QED) is 0.108. The molecular weight excluding hydrogens is 1350 g/mol. The van der Waals surface area contributed by atoms with Gasteiger partial charge in [0.05, 0.1) is 0 Å². The van der Waals surface area contributed by atoms with Crippen molar-refractivity contribution in [3.05, 3.63) is 312 Å². The number of rotatable bonds is 12. The summed E-state index contributed by atoms with van der Waals surface area (Å²) in [5.41, 5.74) is 31.2. The molecule has 0 N–H and O–H groups in total. The van der Waals surface area contributed by atoms with Gasteiger partial charge in [0.15, 0.2) is 24.8 Å². The van der Waals surface area contributed by atoms with Crippen LogP contribution in [0, 0.1) is 75.0 Å². The van der Waals surface area contributed by atoms with Crippen LogP contribution >= 0.6 is 0 Å². The fourth-order valence-corrected chi connectivity index (χ4v) is 21.9. The molecular formula is C108H120N4+4. The molecule has 4 heteroatoms. The monoisotopic (exact) mass is 1470 g/mol. The number of aromatic nitrogens is 4. The van der Waals surface area contributed by atoms with E-state index in [9.17, 15) is 1.37 Å². The highest BCUT2D eigenvalue weighted by atomic mass is 14.9. The van der Waals surface area contributed by atoms with E-state index in [1.165, 1.54) is 251 Å². The molecule has 9 fully saturated rings. The molecule has 0 amide bonds. The largest absolute Gasteiger partial charge is 0.213 e. The lowest BCUT2D eigenvalue weighted by atomic mass is 9.55. The van der Waals surface area contributed by atoms with Crippen LogP contribution in [0.5, 0.6) is 0 Å². The summed E-state index contributed by atoms with van der Waals surface area (Å²) in [4.78, 5) is 0. The lowest BCUT2D eigenvalue weighted by molar-refractivity contribution is -0.660. The van der Waals surface area contributed by atoms with Gasteiger partial charge in [-0.2, -0.15) is 0 Å². The van der Waals surface area contributed by atoms with Crippen LogP contribution in [0.2, 0.25) is 0 Å². The smallest absolute Gasteiger partial charge is 0.201 e. The fraction of sp³-hybridized carbons (Fsp3) is 0.370. The predicted octanol–water partition coefficient (Wildman–Crippen LogP) is 25.8. The van der Waals surface area contributed by atoms with Gasteiger partial charge >= 0.3 is 0 Å². The van der Waals surface area contributed by atoms with Gasteiger partial charge in [0.2, 0.25) is 22.8 Å². The number of hydrogen-bond donors (Lipinski definition) is 0. The van der Waals surface area contributed by atoms with Crippen LogP contribution in [0.15, 0.2) is 267 Å². The Morgan fingerprint density at radius 2 is 0.545 bits per heavy atom. The van der Waals surface area contributed by atoms with Crippen molar-refractivity contribution in [1.82, 2.24) is 0 Å². The average Bonchev–Trinajstić information content (AvgIpc) is 0.723. The van der Waals surface area contributed by atoms with Crippen LogP contribution in [0.1, 0.15) is 199 Å². The Balaban J connectivity index is 0.000000110. The Bertz CT molecular complexity index is 5350. The maximum Gasteiger partial charge on any atom is 0.213 e. The summed E-state index contributed by atoms with van der Waals surface area (Å²) in [5, 5.41) is 0. The van der Waals surface area contributed by atoms with Gasteiger partial charge < -0.3 is 0 Å². The molecule has 6 unspecified atom stereocenters. The number of pyridine rings is 4. The van der Waals surface area contributed by atoms with E-state index in [1.807, 2.05) is 0 Å². The van der Waals surface area contributed by atoms with Crippen molar-refractivity contribution in [2.45, 2.75) is 180 Å². The summed E-state index contributed by atoms with van der Waals surface area (Å²) in [6.45, 7) is 8.72. The number of fused-ring (bicyclic) bond motifs is 12. The number of benzene rings is 8. The molecule has 21 rings (SSSR count). The molecule has 0 aliphatic heterocycles. The molecule has 0 radical (unpaired) electrons. The first kappa shape index (κ1) is 72.6. The Morgan fingerprint density at radius 3 is 0.902 bits per heavy atom. The maximum atomic E-state index is 9.21. The first-order chi connectivity index (χ1) is 55.5. The molecule has 12 aromatic rings. The molecule has 9 saturated carbocycles. The average molecular weight is 1480 g/mol. The van der Waals surface area contributed by atoms with Gasteiger partial charge in [-0.15, -0.1) is 0 Å². The minimum absolute atomic E-state index is 0.327. The van der Waals surface area contributed by atoms with Crippen LogP contribution in [0.25, 0.3) is 89.5 Å². The standard InChI is InChI=1S/C30H36N.3C26H28N/c1-22-7-3-4-12-29(22)30-21-27(17-18-31(30)2)25-13-15-26(16-14-25)28-19-23-8-5-9-24(20-28)11-6-10-23;2*1-18-7-3-4-12-24(18)25-17-20(13-14-27(25)2)19-8-5-9-21(15-19)26-22-10-6-11-23(26)16-22;1-18-6-3-4-9-24(18)25-17-21(14-15-27(25)2)19-10-12-20(13-11-19)26-22-7-5-8-23(26)16-22/h3-4,7,12-18,21,23-24,28H,5-6,8-11,19-20H2,1-2H3;2*3-5,7-9,12-15,17,22-23,26H,6,10-11,16H2,1-2H3;3-4,6,9-15,17,22-23,26H,5,7-8,16H2,1-2H3/q4*+1/i;26D;;26D. The summed E-state index contributed by atoms with van der Waals surface area (Å²) in [5.74, 6) is 6.93. The van der Waals surface area contributed by atoms with E-state index in [2.05, 4.69) is 342 Å². The van der Waals surface area contributed by atoms with E-state index in [0.29, 0.717) is 23.7 Å².